The van der Waals surface area contributed by atoms with E-state index in [0.29, 0.717) is 12.1 Å². The summed E-state index contributed by atoms with van der Waals surface area (Å²) < 4.78 is 29.2. The number of allylic oxidation sites excluding steroid dienone is 2. The van der Waals surface area contributed by atoms with Gasteiger partial charge in [0.1, 0.15) is 16.3 Å². The van der Waals surface area contributed by atoms with E-state index < -0.39 is 10.0 Å². The van der Waals surface area contributed by atoms with E-state index in [2.05, 4.69) is 28.5 Å². The number of aromatic amines is 1. The molecule has 0 saturated heterocycles. The van der Waals surface area contributed by atoms with Crippen LogP contribution in [0.15, 0.2) is 62.5 Å². The number of para-hydroxylation sites is 2. The van der Waals surface area contributed by atoms with Gasteiger partial charge in [-0.3, -0.25) is 4.57 Å². The van der Waals surface area contributed by atoms with Crippen LogP contribution < -0.4 is 5.69 Å². The number of nitrogens with one attached hydrogen (secondary N) is 1. The standard InChI is InChI=1S/C20H24ClN5O4S/c1-5-25(31(28,29)15(4)18-12-17(14(3)21)23-30-24-18)11-10-13(2)26-19-9-7-6-8-16(19)22-20(26)27/h6-9,13H,3-5,10-12H2,1-2H3,(H,22,27). The first-order valence-corrected chi connectivity index (χ1v) is 11.5. The topological polar surface area (TPSA) is 109 Å². The molecule has 9 nitrogen and oxygen atoms in total. The van der Waals surface area contributed by atoms with Crippen LogP contribution in [0.3, 0.4) is 0 Å². The van der Waals surface area contributed by atoms with E-state index >= 15 is 0 Å². The predicted octanol–water partition coefficient (Wildman–Crippen LogP) is 3.33. The minimum Gasteiger partial charge on any atom is -0.306 e. The Bertz CT molecular complexity index is 1240. The average molecular weight is 466 g/mol. The van der Waals surface area contributed by atoms with Crippen molar-refractivity contribution in [3.63, 3.8) is 0 Å². The molecule has 1 aromatic heterocycles. The average Bonchev–Trinajstić information content (AvgIpc) is 3.09. The van der Waals surface area contributed by atoms with Crippen molar-refractivity contribution in [2.45, 2.75) is 32.7 Å². The van der Waals surface area contributed by atoms with Gasteiger partial charge in [0.2, 0.25) is 10.0 Å². The van der Waals surface area contributed by atoms with Crippen LogP contribution in [0.2, 0.25) is 0 Å². The van der Waals surface area contributed by atoms with E-state index in [4.69, 9.17) is 16.5 Å². The van der Waals surface area contributed by atoms with Crippen molar-refractivity contribution in [3.05, 3.63) is 57.8 Å². The van der Waals surface area contributed by atoms with Gasteiger partial charge in [0.25, 0.3) is 0 Å². The van der Waals surface area contributed by atoms with Gasteiger partial charge in [-0.05, 0) is 25.5 Å². The maximum Gasteiger partial charge on any atom is 0.326 e. The molecule has 0 aliphatic carbocycles. The number of nitrogens with zero attached hydrogens (tertiary/aromatic N) is 4. The van der Waals surface area contributed by atoms with Crippen LogP contribution in [-0.4, -0.2) is 46.8 Å². The maximum atomic E-state index is 13.1. The highest BCUT2D eigenvalue weighted by Gasteiger charge is 2.30. The van der Waals surface area contributed by atoms with Gasteiger partial charge in [-0.1, -0.05) is 54.1 Å². The van der Waals surface area contributed by atoms with E-state index in [-0.39, 0.29) is 46.9 Å². The zero-order valence-corrected chi connectivity index (χ0v) is 18.9. The van der Waals surface area contributed by atoms with Gasteiger partial charge in [0, 0.05) is 25.6 Å². The fourth-order valence-corrected chi connectivity index (χ4v) is 4.87. The Hall–Kier alpha value is -2.69. The number of oxime groups is 2. The lowest BCUT2D eigenvalue weighted by Crippen LogP contribution is -2.36. The van der Waals surface area contributed by atoms with Gasteiger partial charge in [-0.2, -0.15) is 4.31 Å². The third kappa shape index (κ3) is 4.65. The van der Waals surface area contributed by atoms with Gasteiger partial charge >= 0.3 is 5.69 Å². The van der Waals surface area contributed by atoms with Crippen molar-refractivity contribution in [1.82, 2.24) is 13.9 Å². The Kier molecular flexibility index (Phi) is 6.83. The number of H-pyrrole nitrogens is 1. The van der Waals surface area contributed by atoms with Crippen molar-refractivity contribution in [2.24, 2.45) is 10.3 Å². The molecule has 2 heterocycles. The zero-order valence-electron chi connectivity index (χ0n) is 17.3. The lowest BCUT2D eigenvalue weighted by atomic mass is 10.2. The summed E-state index contributed by atoms with van der Waals surface area (Å²) in [6.07, 6.45) is 0.482. The molecular weight excluding hydrogens is 442 g/mol. The monoisotopic (exact) mass is 465 g/mol. The van der Waals surface area contributed by atoms with Crippen LogP contribution in [0.4, 0.5) is 0 Å². The van der Waals surface area contributed by atoms with Gasteiger partial charge in [0.05, 0.1) is 16.1 Å². The molecule has 11 heteroatoms. The van der Waals surface area contributed by atoms with Crippen molar-refractivity contribution in [1.29, 1.82) is 0 Å². The van der Waals surface area contributed by atoms with Gasteiger partial charge in [-0.15, -0.1) is 0 Å². The first kappa shape index (κ1) is 23.0. The number of benzene rings is 1. The number of aromatic nitrogens is 2. The number of fused-ring (bicyclic) bond motifs is 1. The Morgan fingerprint density at radius 2 is 2.00 bits per heavy atom. The first-order valence-electron chi connectivity index (χ1n) is 9.70. The van der Waals surface area contributed by atoms with E-state index in [1.807, 2.05) is 31.2 Å². The molecule has 0 spiro atoms. The summed E-state index contributed by atoms with van der Waals surface area (Å²) in [6.45, 7) is 11.3. The fourth-order valence-electron chi connectivity index (χ4n) is 3.36. The normalized spacial score (nSPS) is 15.4. The summed E-state index contributed by atoms with van der Waals surface area (Å²) >= 11 is 5.84. The fraction of sp³-hybridized carbons (Fsp3) is 0.350. The highest BCUT2D eigenvalue weighted by Crippen LogP contribution is 2.22. The number of hydrogen-bond donors (Lipinski definition) is 1. The number of sulfonamides is 1. The van der Waals surface area contributed by atoms with Crippen LogP contribution in [0.5, 0.6) is 0 Å². The quantitative estimate of drug-likeness (QED) is 0.612. The van der Waals surface area contributed by atoms with Crippen LogP contribution in [-0.2, 0) is 15.0 Å². The summed E-state index contributed by atoms with van der Waals surface area (Å²) in [4.78, 5) is 19.8. The highest BCUT2D eigenvalue weighted by molar-refractivity contribution is 7.94. The molecule has 1 atom stereocenters. The van der Waals surface area contributed by atoms with Crippen molar-refractivity contribution < 1.29 is 13.4 Å². The van der Waals surface area contributed by atoms with Crippen molar-refractivity contribution >= 4 is 44.1 Å². The second kappa shape index (κ2) is 9.21. The van der Waals surface area contributed by atoms with Crippen LogP contribution >= 0.6 is 11.6 Å². The second-order valence-electron chi connectivity index (χ2n) is 7.11. The number of halogens is 1. The SMILES string of the molecule is C=C(Cl)C1=NON=C(C(=C)S(=O)(=O)N(CC)CCC(C)n2c(=O)[nH]c3ccccc32)C1. The third-order valence-electron chi connectivity index (χ3n) is 5.14. The van der Waals surface area contributed by atoms with Crippen LogP contribution in [0.25, 0.3) is 11.0 Å². The molecule has 31 heavy (non-hydrogen) atoms. The smallest absolute Gasteiger partial charge is 0.306 e. The van der Waals surface area contributed by atoms with Crippen LogP contribution in [0.1, 0.15) is 32.7 Å². The van der Waals surface area contributed by atoms with Crippen molar-refractivity contribution in [2.75, 3.05) is 13.1 Å². The van der Waals surface area contributed by atoms with E-state index in [0.717, 1.165) is 11.0 Å². The Labute approximate surface area is 185 Å². The third-order valence-corrected chi connectivity index (χ3v) is 7.33. The summed E-state index contributed by atoms with van der Waals surface area (Å²) in [5.74, 6) is 0. The molecule has 0 radical (unpaired) electrons. The molecule has 3 rings (SSSR count). The predicted molar refractivity (Wildman–Crippen MR) is 123 cm³/mol. The first-order chi connectivity index (χ1) is 14.7. The van der Waals surface area contributed by atoms with E-state index in [9.17, 15) is 13.2 Å². The zero-order chi connectivity index (χ0) is 22.8. The molecular formula is C20H24ClN5O4S. The molecule has 1 N–H and O–H groups in total. The molecule has 1 aliphatic rings. The summed E-state index contributed by atoms with van der Waals surface area (Å²) in [5.41, 5.74) is 1.69. The maximum absolute atomic E-state index is 13.1. The Balaban J connectivity index is 1.75. The minimum atomic E-state index is -3.91. The Morgan fingerprint density at radius 1 is 1.32 bits per heavy atom. The second-order valence-corrected chi connectivity index (χ2v) is 9.53. The molecule has 0 bridgehead atoms. The number of imidazole rings is 1. The van der Waals surface area contributed by atoms with Gasteiger partial charge < -0.3 is 4.98 Å². The molecule has 0 amide bonds. The molecule has 1 unspecified atom stereocenters. The lowest BCUT2D eigenvalue weighted by Gasteiger charge is -2.24. The molecule has 1 aliphatic heterocycles. The van der Waals surface area contributed by atoms with Gasteiger partial charge in [0.15, 0.2) is 0 Å². The molecule has 0 saturated carbocycles. The summed E-state index contributed by atoms with van der Waals surface area (Å²) in [7, 11) is -3.91. The van der Waals surface area contributed by atoms with E-state index in [1.54, 1.807) is 11.5 Å². The molecule has 166 valence electrons. The largest absolute Gasteiger partial charge is 0.326 e. The van der Waals surface area contributed by atoms with E-state index in [1.165, 1.54) is 4.31 Å². The lowest BCUT2D eigenvalue weighted by molar-refractivity contribution is 0.151. The Morgan fingerprint density at radius 3 is 2.68 bits per heavy atom. The number of hydrogen-bond acceptors (Lipinski definition) is 6. The number of rotatable bonds is 9. The minimum absolute atomic E-state index is 0.0546. The molecule has 2 aromatic rings. The summed E-state index contributed by atoms with van der Waals surface area (Å²) in [6, 6.07) is 7.15. The molecule has 0 fully saturated rings. The summed E-state index contributed by atoms with van der Waals surface area (Å²) in [5, 5.41) is 7.49. The highest BCUT2D eigenvalue weighted by atomic mass is 35.5. The van der Waals surface area contributed by atoms with Gasteiger partial charge in [-0.25, -0.2) is 18.2 Å². The molecule has 1 aromatic carbocycles. The van der Waals surface area contributed by atoms with Crippen molar-refractivity contribution in [3.8, 4) is 0 Å². The van der Waals surface area contributed by atoms with Crippen LogP contribution in [0, 0.1) is 0 Å².